The highest BCUT2D eigenvalue weighted by Gasteiger charge is 2.40. The first kappa shape index (κ1) is 12.5. The molecule has 1 unspecified atom stereocenters. The molecule has 1 atom stereocenters. The summed E-state index contributed by atoms with van der Waals surface area (Å²) in [7, 11) is 0. The van der Waals surface area contributed by atoms with Crippen LogP contribution in [0.25, 0.3) is 0 Å². The van der Waals surface area contributed by atoms with Crippen molar-refractivity contribution in [2.45, 2.75) is 64.5 Å². The van der Waals surface area contributed by atoms with E-state index < -0.39 is 0 Å². The van der Waals surface area contributed by atoms with Crippen molar-refractivity contribution in [3.05, 3.63) is 5.82 Å². The van der Waals surface area contributed by atoms with Crippen LogP contribution in [0.4, 0.5) is 0 Å². The summed E-state index contributed by atoms with van der Waals surface area (Å²) in [6.45, 7) is 7.55. The molecule has 1 aromatic rings. The van der Waals surface area contributed by atoms with E-state index in [0.29, 0.717) is 0 Å². The lowest BCUT2D eigenvalue weighted by atomic mass is 9.75. The zero-order chi connectivity index (χ0) is 12.3. The SMILES string of the molecule is CCCNC(C)c1nnnn1C1(CC)CCC1. The molecule has 1 saturated carbocycles. The average Bonchev–Trinajstić information content (AvgIpc) is 2.75. The number of nitrogens with zero attached hydrogens (tertiary/aromatic N) is 4. The second kappa shape index (κ2) is 5.12. The van der Waals surface area contributed by atoms with Gasteiger partial charge in [0.05, 0.1) is 11.6 Å². The highest BCUT2D eigenvalue weighted by atomic mass is 15.6. The zero-order valence-corrected chi connectivity index (χ0v) is 11.1. The van der Waals surface area contributed by atoms with Gasteiger partial charge in [-0.05, 0) is 56.0 Å². The van der Waals surface area contributed by atoms with Crippen LogP contribution in [-0.2, 0) is 5.54 Å². The summed E-state index contributed by atoms with van der Waals surface area (Å²) in [6, 6.07) is 0.231. The Morgan fingerprint density at radius 2 is 2.18 bits per heavy atom. The molecule has 1 fully saturated rings. The van der Waals surface area contributed by atoms with Crippen LogP contribution in [0.3, 0.4) is 0 Å². The Morgan fingerprint density at radius 1 is 1.41 bits per heavy atom. The molecular formula is C12H23N5. The minimum absolute atomic E-state index is 0.195. The van der Waals surface area contributed by atoms with Crippen LogP contribution in [0.2, 0.25) is 0 Å². The summed E-state index contributed by atoms with van der Waals surface area (Å²) in [5, 5.41) is 15.8. The Morgan fingerprint density at radius 3 is 2.71 bits per heavy atom. The van der Waals surface area contributed by atoms with Gasteiger partial charge in [0.25, 0.3) is 0 Å². The van der Waals surface area contributed by atoms with Crippen LogP contribution in [-0.4, -0.2) is 26.8 Å². The predicted octanol–water partition coefficient (Wildman–Crippen LogP) is 2.02. The van der Waals surface area contributed by atoms with Crippen LogP contribution < -0.4 is 5.32 Å². The van der Waals surface area contributed by atoms with Gasteiger partial charge >= 0.3 is 0 Å². The lowest BCUT2D eigenvalue weighted by molar-refractivity contribution is 0.109. The van der Waals surface area contributed by atoms with Gasteiger partial charge < -0.3 is 5.32 Å². The Hall–Kier alpha value is -0.970. The molecule has 0 bridgehead atoms. The van der Waals surface area contributed by atoms with E-state index in [-0.39, 0.29) is 11.6 Å². The van der Waals surface area contributed by atoms with Gasteiger partial charge in [-0.15, -0.1) is 5.10 Å². The largest absolute Gasteiger partial charge is 0.307 e. The summed E-state index contributed by atoms with van der Waals surface area (Å²) < 4.78 is 2.07. The maximum absolute atomic E-state index is 4.23. The van der Waals surface area contributed by atoms with Gasteiger partial charge in [-0.25, -0.2) is 4.68 Å². The van der Waals surface area contributed by atoms with Crippen molar-refractivity contribution in [1.29, 1.82) is 0 Å². The summed E-state index contributed by atoms with van der Waals surface area (Å²) in [5.74, 6) is 0.986. The Labute approximate surface area is 103 Å². The van der Waals surface area contributed by atoms with E-state index in [1.807, 2.05) is 0 Å². The van der Waals surface area contributed by atoms with E-state index in [4.69, 9.17) is 0 Å². The smallest absolute Gasteiger partial charge is 0.168 e. The number of nitrogens with one attached hydrogen (secondary N) is 1. The van der Waals surface area contributed by atoms with Crippen molar-refractivity contribution in [2.24, 2.45) is 0 Å². The van der Waals surface area contributed by atoms with Gasteiger partial charge in [0.2, 0.25) is 0 Å². The fourth-order valence-electron chi connectivity index (χ4n) is 2.55. The molecule has 96 valence electrons. The molecule has 0 spiro atoms. The number of rotatable bonds is 6. The van der Waals surface area contributed by atoms with E-state index in [0.717, 1.165) is 25.2 Å². The standard InChI is InChI=1S/C12H23N5/c1-4-9-13-10(3)11-14-15-16-17(11)12(5-2)7-6-8-12/h10,13H,4-9H2,1-3H3. The molecule has 1 aliphatic carbocycles. The van der Waals surface area contributed by atoms with Crippen molar-refractivity contribution < 1.29 is 0 Å². The van der Waals surface area contributed by atoms with Gasteiger partial charge in [0.1, 0.15) is 0 Å². The molecule has 17 heavy (non-hydrogen) atoms. The van der Waals surface area contributed by atoms with E-state index in [9.17, 15) is 0 Å². The predicted molar refractivity (Wildman–Crippen MR) is 66.6 cm³/mol. The maximum Gasteiger partial charge on any atom is 0.168 e. The average molecular weight is 237 g/mol. The second-order valence-electron chi connectivity index (χ2n) is 5.06. The van der Waals surface area contributed by atoms with Gasteiger partial charge in [-0.3, -0.25) is 0 Å². The molecule has 0 amide bonds. The molecule has 1 aromatic heterocycles. The van der Waals surface area contributed by atoms with Crippen molar-refractivity contribution in [2.75, 3.05) is 6.54 Å². The lowest BCUT2D eigenvalue weighted by Gasteiger charge is -2.41. The quantitative estimate of drug-likeness (QED) is 0.822. The molecule has 1 heterocycles. The van der Waals surface area contributed by atoms with Crippen LogP contribution in [0.15, 0.2) is 0 Å². The number of aromatic nitrogens is 4. The number of hydrogen-bond acceptors (Lipinski definition) is 4. The van der Waals surface area contributed by atoms with Gasteiger partial charge in [0, 0.05) is 0 Å². The molecule has 0 radical (unpaired) electrons. The maximum atomic E-state index is 4.23. The van der Waals surface area contributed by atoms with Crippen LogP contribution in [0, 0.1) is 0 Å². The normalized spacial score (nSPS) is 19.9. The molecule has 5 nitrogen and oxygen atoms in total. The zero-order valence-electron chi connectivity index (χ0n) is 11.1. The van der Waals surface area contributed by atoms with Gasteiger partial charge in [-0.1, -0.05) is 13.8 Å². The van der Waals surface area contributed by atoms with Gasteiger partial charge in [-0.2, -0.15) is 0 Å². The summed E-state index contributed by atoms with van der Waals surface area (Å²) >= 11 is 0. The molecule has 1 N–H and O–H groups in total. The van der Waals surface area contributed by atoms with Crippen molar-refractivity contribution >= 4 is 0 Å². The minimum Gasteiger partial charge on any atom is -0.307 e. The van der Waals surface area contributed by atoms with E-state index >= 15 is 0 Å². The van der Waals surface area contributed by atoms with Gasteiger partial charge in [0.15, 0.2) is 5.82 Å². The third kappa shape index (κ3) is 2.20. The minimum atomic E-state index is 0.195. The van der Waals surface area contributed by atoms with Crippen molar-refractivity contribution in [3.63, 3.8) is 0 Å². The summed E-state index contributed by atoms with van der Waals surface area (Å²) in [4.78, 5) is 0. The van der Waals surface area contributed by atoms with Crippen molar-refractivity contribution in [1.82, 2.24) is 25.5 Å². The van der Waals surface area contributed by atoms with E-state index in [1.165, 1.54) is 19.3 Å². The van der Waals surface area contributed by atoms with Crippen LogP contribution in [0.5, 0.6) is 0 Å². The molecule has 5 heteroatoms. The van der Waals surface area contributed by atoms with Crippen LogP contribution in [0.1, 0.15) is 64.7 Å². The Bertz CT molecular complexity index is 350. The lowest BCUT2D eigenvalue weighted by Crippen LogP contribution is -2.43. The molecule has 2 rings (SSSR count). The summed E-state index contributed by atoms with van der Waals surface area (Å²) in [6.07, 6.45) is 5.96. The first-order valence-corrected chi connectivity index (χ1v) is 6.75. The first-order valence-electron chi connectivity index (χ1n) is 6.75. The fourth-order valence-corrected chi connectivity index (χ4v) is 2.55. The monoisotopic (exact) mass is 237 g/mol. The van der Waals surface area contributed by atoms with E-state index in [1.54, 1.807) is 0 Å². The summed E-state index contributed by atoms with van der Waals surface area (Å²) in [5.41, 5.74) is 0.195. The number of hydrogen-bond donors (Lipinski definition) is 1. The van der Waals surface area contributed by atoms with Crippen molar-refractivity contribution in [3.8, 4) is 0 Å². The third-order valence-electron chi connectivity index (χ3n) is 3.97. The Kier molecular flexibility index (Phi) is 3.76. The number of tetrazole rings is 1. The first-order chi connectivity index (χ1) is 8.23. The molecule has 0 saturated heterocycles. The van der Waals surface area contributed by atoms with Crippen LogP contribution >= 0.6 is 0 Å². The second-order valence-corrected chi connectivity index (χ2v) is 5.06. The van der Waals surface area contributed by atoms with E-state index in [2.05, 4.69) is 46.3 Å². The molecule has 0 aliphatic heterocycles. The topological polar surface area (TPSA) is 55.6 Å². The Balaban J connectivity index is 2.16. The molecule has 1 aliphatic rings. The molecular weight excluding hydrogens is 214 g/mol. The highest BCUT2D eigenvalue weighted by Crippen LogP contribution is 2.42. The highest BCUT2D eigenvalue weighted by molar-refractivity contribution is 5.00. The molecule has 0 aromatic carbocycles. The fraction of sp³-hybridized carbons (Fsp3) is 0.917. The third-order valence-corrected chi connectivity index (χ3v) is 3.97.